The first-order valence-corrected chi connectivity index (χ1v) is 8.89. The highest BCUT2D eigenvalue weighted by Crippen LogP contribution is 2.29. The minimum atomic E-state index is -0.304. The summed E-state index contributed by atoms with van der Waals surface area (Å²) in [5.41, 5.74) is 2.02. The summed E-state index contributed by atoms with van der Waals surface area (Å²) in [5.74, 6) is 0.476. The molecule has 1 amide bonds. The number of anilines is 5. The zero-order valence-electron chi connectivity index (χ0n) is 14.2. The van der Waals surface area contributed by atoms with Crippen molar-refractivity contribution in [3.8, 4) is 0 Å². The number of hydrogen-bond acceptors (Lipinski definition) is 6. The van der Waals surface area contributed by atoms with Gasteiger partial charge in [-0.1, -0.05) is 34.1 Å². The molecule has 1 aromatic carbocycles. The maximum Gasteiger partial charge on any atom is 0.247 e. The largest absolute Gasteiger partial charge is 0.339 e. The number of amides is 1. The molecule has 0 saturated carbocycles. The fourth-order valence-electron chi connectivity index (χ4n) is 2.19. The maximum atomic E-state index is 11.5. The Bertz CT molecular complexity index is 1000. The number of benzene rings is 1. The molecule has 2 heterocycles. The first-order chi connectivity index (χ1) is 12.9. The van der Waals surface area contributed by atoms with E-state index in [-0.39, 0.29) is 5.91 Å². The third-order valence-corrected chi connectivity index (χ3v) is 4.05. The van der Waals surface area contributed by atoms with Gasteiger partial charge in [0, 0.05) is 29.1 Å². The lowest BCUT2D eigenvalue weighted by molar-refractivity contribution is -0.111. The number of aryl methyl sites for hydroxylation is 1. The van der Waals surface area contributed by atoms with Crippen LogP contribution in [0.15, 0.2) is 53.9 Å². The van der Waals surface area contributed by atoms with Crippen LogP contribution in [0.4, 0.5) is 28.8 Å². The van der Waals surface area contributed by atoms with Crippen LogP contribution in [0, 0.1) is 0 Å². The van der Waals surface area contributed by atoms with Gasteiger partial charge in [-0.2, -0.15) is 10.1 Å². The second-order valence-corrected chi connectivity index (χ2v) is 6.79. The molecule has 0 aliphatic heterocycles. The molecule has 0 spiro atoms. The lowest BCUT2D eigenvalue weighted by Crippen LogP contribution is -2.07. The minimum Gasteiger partial charge on any atom is -0.339 e. The topological polar surface area (TPSA) is 96.8 Å². The Kier molecular flexibility index (Phi) is 5.72. The van der Waals surface area contributed by atoms with Crippen molar-refractivity contribution in [1.82, 2.24) is 19.7 Å². The summed E-state index contributed by atoms with van der Waals surface area (Å²) in [6, 6.07) is 5.35. The van der Waals surface area contributed by atoms with Crippen LogP contribution in [0.5, 0.6) is 0 Å². The van der Waals surface area contributed by atoms with E-state index in [1.54, 1.807) is 29.2 Å². The highest BCUT2D eigenvalue weighted by atomic mass is 79.9. The van der Waals surface area contributed by atoms with Gasteiger partial charge in [-0.15, -0.1) is 0 Å². The van der Waals surface area contributed by atoms with E-state index in [1.807, 2.05) is 13.1 Å². The monoisotopic (exact) mass is 447 g/mol. The summed E-state index contributed by atoms with van der Waals surface area (Å²) in [4.78, 5) is 20.1. The number of hydrogen-bond donors (Lipinski definition) is 3. The predicted molar refractivity (Wildman–Crippen MR) is 110 cm³/mol. The molecule has 0 radical (unpaired) electrons. The van der Waals surface area contributed by atoms with Crippen LogP contribution in [0.1, 0.15) is 0 Å². The Morgan fingerprint density at radius 3 is 2.70 bits per heavy atom. The van der Waals surface area contributed by atoms with Crippen LogP contribution in [0.2, 0.25) is 5.02 Å². The number of nitrogens with one attached hydrogen (secondary N) is 3. The average molecular weight is 449 g/mol. The summed E-state index contributed by atoms with van der Waals surface area (Å²) in [6.07, 6.45) is 6.15. The van der Waals surface area contributed by atoms with E-state index in [0.29, 0.717) is 28.2 Å². The van der Waals surface area contributed by atoms with E-state index in [2.05, 4.69) is 53.5 Å². The Balaban J connectivity index is 1.83. The second kappa shape index (κ2) is 8.19. The van der Waals surface area contributed by atoms with Crippen LogP contribution in [-0.4, -0.2) is 25.7 Å². The van der Waals surface area contributed by atoms with Crippen molar-refractivity contribution >= 4 is 62.3 Å². The molecular weight excluding hydrogens is 434 g/mol. The molecule has 2 aromatic heterocycles. The molecule has 0 aliphatic carbocycles. The van der Waals surface area contributed by atoms with E-state index in [1.165, 1.54) is 12.3 Å². The quantitative estimate of drug-likeness (QED) is 0.488. The smallest absolute Gasteiger partial charge is 0.247 e. The minimum absolute atomic E-state index is 0.304. The number of nitrogens with zero attached hydrogens (tertiary/aromatic N) is 4. The van der Waals surface area contributed by atoms with Crippen molar-refractivity contribution in [1.29, 1.82) is 0 Å². The molecule has 3 N–H and O–H groups in total. The van der Waals surface area contributed by atoms with Gasteiger partial charge in [0.2, 0.25) is 11.9 Å². The number of carbonyl (C=O) groups is 1. The molecule has 0 saturated heterocycles. The molecule has 27 heavy (non-hydrogen) atoms. The van der Waals surface area contributed by atoms with Gasteiger partial charge >= 0.3 is 0 Å². The normalized spacial score (nSPS) is 10.3. The summed E-state index contributed by atoms with van der Waals surface area (Å²) in [6.45, 7) is 3.44. The van der Waals surface area contributed by atoms with Crippen LogP contribution < -0.4 is 16.0 Å². The van der Waals surface area contributed by atoms with Crippen molar-refractivity contribution < 1.29 is 4.79 Å². The Morgan fingerprint density at radius 1 is 1.22 bits per heavy atom. The fraction of sp³-hybridized carbons (Fsp3) is 0.0588. The van der Waals surface area contributed by atoms with Crippen LogP contribution >= 0.6 is 27.5 Å². The van der Waals surface area contributed by atoms with E-state index < -0.39 is 0 Å². The van der Waals surface area contributed by atoms with Gasteiger partial charge in [0.05, 0.1) is 18.1 Å². The standard InChI is InChI=1S/C17H15BrClN7O/c1-3-15(27)22-11-4-10(18)5-12(6-11)23-16-14(19)8-20-17(25-16)24-13-7-21-26(2)9-13/h3-9H,1H2,2H3,(H,22,27)(H2,20,23,24,25). The highest BCUT2D eigenvalue weighted by molar-refractivity contribution is 9.10. The number of rotatable bonds is 6. The molecule has 3 aromatic rings. The fourth-order valence-corrected chi connectivity index (χ4v) is 2.83. The summed E-state index contributed by atoms with van der Waals surface area (Å²) >= 11 is 9.63. The van der Waals surface area contributed by atoms with Gasteiger partial charge < -0.3 is 16.0 Å². The Morgan fingerprint density at radius 2 is 2.00 bits per heavy atom. The molecule has 0 unspecified atom stereocenters. The van der Waals surface area contributed by atoms with Crippen molar-refractivity contribution in [2.45, 2.75) is 0 Å². The molecule has 10 heteroatoms. The van der Waals surface area contributed by atoms with Crippen LogP contribution in [0.25, 0.3) is 0 Å². The van der Waals surface area contributed by atoms with Gasteiger partial charge in [0.25, 0.3) is 0 Å². The van der Waals surface area contributed by atoms with Crippen molar-refractivity contribution in [2.75, 3.05) is 16.0 Å². The molecule has 3 rings (SSSR count). The van der Waals surface area contributed by atoms with Gasteiger partial charge in [0.1, 0.15) is 5.02 Å². The lowest BCUT2D eigenvalue weighted by atomic mass is 10.2. The van der Waals surface area contributed by atoms with E-state index in [4.69, 9.17) is 11.6 Å². The molecule has 8 nitrogen and oxygen atoms in total. The third-order valence-electron chi connectivity index (χ3n) is 3.32. The third kappa shape index (κ3) is 5.05. The van der Waals surface area contributed by atoms with Gasteiger partial charge in [-0.05, 0) is 24.3 Å². The van der Waals surface area contributed by atoms with Crippen molar-refractivity contribution in [3.63, 3.8) is 0 Å². The van der Waals surface area contributed by atoms with E-state index in [0.717, 1.165) is 10.2 Å². The first-order valence-electron chi connectivity index (χ1n) is 7.72. The van der Waals surface area contributed by atoms with Crippen LogP contribution in [0.3, 0.4) is 0 Å². The number of carbonyl (C=O) groups excluding carboxylic acids is 1. The first kappa shape index (κ1) is 18.9. The molecule has 0 atom stereocenters. The molecule has 0 bridgehead atoms. The SMILES string of the molecule is C=CC(=O)Nc1cc(Br)cc(Nc2nc(Nc3cnn(C)c3)ncc2Cl)c1. The van der Waals surface area contributed by atoms with Gasteiger partial charge in [-0.3, -0.25) is 9.48 Å². The van der Waals surface area contributed by atoms with E-state index >= 15 is 0 Å². The summed E-state index contributed by atoms with van der Waals surface area (Å²) < 4.78 is 2.43. The molecular formula is C17H15BrClN7O. The predicted octanol–water partition coefficient (Wildman–Crippen LogP) is 4.24. The Labute approximate surface area is 168 Å². The molecule has 0 fully saturated rings. The molecule has 138 valence electrons. The average Bonchev–Trinajstić information content (AvgIpc) is 3.02. The second-order valence-electron chi connectivity index (χ2n) is 5.46. The lowest BCUT2D eigenvalue weighted by Gasteiger charge is -2.11. The zero-order chi connectivity index (χ0) is 19.4. The van der Waals surface area contributed by atoms with Crippen LogP contribution in [-0.2, 0) is 11.8 Å². The summed E-state index contributed by atoms with van der Waals surface area (Å²) in [7, 11) is 1.82. The number of halogens is 2. The van der Waals surface area contributed by atoms with Crippen molar-refractivity contribution in [3.05, 3.63) is 58.9 Å². The summed E-state index contributed by atoms with van der Waals surface area (Å²) in [5, 5.41) is 13.3. The molecule has 0 aliphatic rings. The highest BCUT2D eigenvalue weighted by Gasteiger charge is 2.09. The maximum absolute atomic E-state index is 11.5. The van der Waals surface area contributed by atoms with Crippen molar-refractivity contribution in [2.24, 2.45) is 7.05 Å². The van der Waals surface area contributed by atoms with Gasteiger partial charge in [-0.25, -0.2) is 4.98 Å². The van der Waals surface area contributed by atoms with Gasteiger partial charge in [0.15, 0.2) is 5.82 Å². The Hall–Kier alpha value is -2.91. The zero-order valence-corrected chi connectivity index (χ0v) is 16.5. The van der Waals surface area contributed by atoms with E-state index in [9.17, 15) is 4.79 Å². The number of aromatic nitrogens is 4.